The van der Waals surface area contributed by atoms with Crippen LogP contribution in [0.3, 0.4) is 0 Å². The van der Waals surface area contributed by atoms with Crippen LogP contribution >= 0.6 is 12.2 Å². The van der Waals surface area contributed by atoms with E-state index in [1.54, 1.807) is 0 Å². The summed E-state index contributed by atoms with van der Waals surface area (Å²) in [6.07, 6.45) is 1.01. The first-order valence-electron chi connectivity index (χ1n) is 6.86. The number of rotatable bonds is 4. The number of hydrogen-bond donors (Lipinski definition) is 1. The number of benzene rings is 2. The molecule has 3 heteroatoms. The van der Waals surface area contributed by atoms with Gasteiger partial charge >= 0.3 is 0 Å². The van der Waals surface area contributed by atoms with Gasteiger partial charge < -0.3 is 10.2 Å². The van der Waals surface area contributed by atoms with Crippen LogP contribution in [0, 0.1) is 0 Å². The summed E-state index contributed by atoms with van der Waals surface area (Å²) in [6, 6.07) is 20.8. The Morgan fingerprint density at radius 1 is 1.05 bits per heavy atom. The number of anilines is 1. The third kappa shape index (κ3) is 3.58. The number of nitrogens with zero attached hydrogens (tertiary/aromatic N) is 1. The molecule has 2 aromatic rings. The van der Waals surface area contributed by atoms with Crippen LogP contribution in [0.2, 0.25) is 0 Å². The molecule has 0 aliphatic rings. The van der Waals surface area contributed by atoms with Crippen molar-refractivity contribution in [2.24, 2.45) is 0 Å². The molecule has 0 radical (unpaired) electrons. The molecule has 0 saturated heterocycles. The normalized spacial score (nSPS) is 11.7. The molecular weight excluding hydrogens is 264 g/mol. The predicted octanol–water partition coefficient (Wildman–Crippen LogP) is 4.47. The average molecular weight is 284 g/mol. The van der Waals surface area contributed by atoms with Gasteiger partial charge in [0, 0.05) is 12.7 Å². The summed E-state index contributed by atoms with van der Waals surface area (Å²) in [6.45, 7) is 2.18. The summed E-state index contributed by atoms with van der Waals surface area (Å²) in [7, 11) is 2.04. The molecule has 0 bridgehead atoms. The summed E-state index contributed by atoms with van der Waals surface area (Å²) in [5.41, 5.74) is 2.31. The highest BCUT2D eigenvalue weighted by Crippen LogP contribution is 2.23. The van der Waals surface area contributed by atoms with Gasteiger partial charge in [0.15, 0.2) is 5.11 Å². The fraction of sp³-hybridized carbons (Fsp3) is 0.235. The van der Waals surface area contributed by atoms with Crippen molar-refractivity contribution in [1.82, 2.24) is 4.90 Å². The molecule has 20 heavy (non-hydrogen) atoms. The van der Waals surface area contributed by atoms with E-state index in [0.717, 1.165) is 17.2 Å². The minimum Gasteiger partial charge on any atom is -0.345 e. The van der Waals surface area contributed by atoms with E-state index in [-0.39, 0.29) is 0 Å². The molecule has 1 N–H and O–H groups in total. The Balaban J connectivity index is 2.09. The van der Waals surface area contributed by atoms with Crippen molar-refractivity contribution in [2.75, 3.05) is 12.4 Å². The highest BCUT2D eigenvalue weighted by atomic mass is 32.1. The van der Waals surface area contributed by atoms with Crippen molar-refractivity contribution in [2.45, 2.75) is 19.4 Å². The molecule has 0 amide bonds. The van der Waals surface area contributed by atoms with E-state index in [0.29, 0.717) is 6.04 Å². The lowest BCUT2D eigenvalue weighted by Crippen LogP contribution is -2.34. The molecule has 0 saturated carbocycles. The fourth-order valence-corrected chi connectivity index (χ4v) is 2.53. The Kier molecular flexibility index (Phi) is 5.13. The number of para-hydroxylation sites is 1. The molecule has 2 nitrogen and oxygen atoms in total. The van der Waals surface area contributed by atoms with Crippen LogP contribution < -0.4 is 5.32 Å². The third-order valence-corrected chi connectivity index (χ3v) is 3.77. The monoisotopic (exact) mass is 284 g/mol. The first kappa shape index (κ1) is 14.5. The average Bonchev–Trinajstić information content (AvgIpc) is 2.50. The van der Waals surface area contributed by atoms with Crippen molar-refractivity contribution >= 4 is 23.0 Å². The van der Waals surface area contributed by atoms with Crippen molar-refractivity contribution < 1.29 is 0 Å². The standard InChI is InChI=1S/C17H20N2S/c1-3-16(14-10-6-4-7-11-14)19(2)17(20)18-15-12-8-5-9-13-15/h4-13,16H,3H2,1-2H3,(H,18,20)/t16-/m1/s1. The number of thiocarbonyl (C=S) groups is 1. The van der Waals surface area contributed by atoms with Crippen molar-refractivity contribution in [3.05, 3.63) is 66.2 Å². The molecule has 104 valence electrons. The molecule has 2 aromatic carbocycles. The predicted molar refractivity (Wildman–Crippen MR) is 89.9 cm³/mol. The smallest absolute Gasteiger partial charge is 0.173 e. The molecular formula is C17H20N2S. The van der Waals surface area contributed by atoms with Crippen LogP contribution in [0.1, 0.15) is 24.9 Å². The summed E-state index contributed by atoms with van der Waals surface area (Å²) < 4.78 is 0. The largest absolute Gasteiger partial charge is 0.345 e. The molecule has 0 spiro atoms. The maximum Gasteiger partial charge on any atom is 0.173 e. The fourth-order valence-electron chi connectivity index (χ4n) is 2.28. The summed E-state index contributed by atoms with van der Waals surface area (Å²) >= 11 is 5.52. The van der Waals surface area contributed by atoms with E-state index in [1.165, 1.54) is 5.56 Å². The topological polar surface area (TPSA) is 15.3 Å². The van der Waals surface area contributed by atoms with Gasteiger partial charge in [0.1, 0.15) is 0 Å². The van der Waals surface area contributed by atoms with Crippen LogP contribution in [0.4, 0.5) is 5.69 Å². The molecule has 0 unspecified atom stereocenters. The van der Waals surface area contributed by atoms with Crippen LogP contribution in [0.25, 0.3) is 0 Å². The van der Waals surface area contributed by atoms with Crippen LogP contribution in [0.15, 0.2) is 60.7 Å². The van der Waals surface area contributed by atoms with Gasteiger partial charge in [-0.2, -0.15) is 0 Å². The molecule has 2 rings (SSSR count). The third-order valence-electron chi connectivity index (χ3n) is 3.38. The first-order chi connectivity index (χ1) is 9.72. The number of hydrogen-bond acceptors (Lipinski definition) is 1. The van der Waals surface area contributed by atoms with Crippen LogP contribution in [-0.4, -0.2) is 17.1 Å². The van der Waals surface area contributed by atoms with Gasteiger partial charge in [-0.05, 0) is 36.3 Å². The number of nitrogens with one attached hydrogen (secondary N) is 1. The first-order valence-corrected chi connectivity index (χ1v) is 7.27. The zero-order chi connectivity index (χ0) is 14.4. The van der Waals surface area contributed by atoms with Gasteiger partial charge in [-0.3, -0.25) is 0 Å². The lowest BCUT2D eigenvalue weighted by Gasteiger charge is -2.30. The zero-order valence-corrected chi connectivity index (χ0v) is 12.7. The summed E-state index contributed by atoms with van der Waals surface area (Å²) in [5.74, 6) is 0. The molecule has 0 fully saturated rings. The van der Waals surface area contributed by atoms with Crippen molar-refractivity contribution in [3.63, 3.8) is 0 Å². The minimum absolute atomic E-state index is 0.292. The SMILES string of the molecule is CC[C@H](c1ccccc1)N(C)C(=S)Nc1ccccc1. The Hall–Kier alpha value is -1.87. The van der Waals surface area contributed by atoms with E-state index < -0.39 is 0 Å². The Labute approximate surface area is 126 Å². The lowest BCUT2D eigenvalue weighted by molar-refractivity contribution is 0.370. The highest BCUT2D eigenvalue weighted by molar-refractivity contribution is 7.80. The minimum atomic E-state index is 0.292. The summed E-state index contributed by atoms with van der Waals surface area (Å²) in [5, 5.41) is 4.03. The Morgan fingerprint density at radius 3 is 2.15 bits per heavy atom. The molecule has 0 aliphatic heterocycles. The van der Waals surface area contributed by atoms with Gasteiger partial charge in [-0.1, -0.05) is 55.5 Å². The van der Waals surface area contributed by atoms with Crippen LogP contribution in [-0.2, 0) is 0 Å². The van der Waals surface area contributed by atoms with E-state index in [4.69, 9.17) is 12.2 Å². The van der Waals surface area contributed by atoms with Gasteiger partial charge in [0.05, 0.1) is 6.04 Å². The van der Waals surface area contributed by atoms with E-state index in [2.05, 4.69) is 41.4 Å². The van der Waals surface area contributed by atoms with Crippen molar-refractivity contribution in [1.29, 1.82) is 0 Å². The van der Waals surface area contributed by atoms with E-state index in [1.807, 2.05) is 43.4 Å². The second-order valence-electron chi connectivity index (χ2n) is 4.74. The Morgan fingerprint density at radius 2 is 1.60 bits per heavy atom. The lowest BCUT2D eigenvalue weighted by atomic mass is 10.0. The van der Waals surface area contributed by atoms with Gasteiger partial charge in [-0.15, -0.1) is 0 Å². The molecule has 0 aliphatic carbocycles. The van der Waals surface area contributed by atoms with E-state index in [9.17, 15) is 0 Å². The zero-order valence-electron chi connectivity index (χ0n) is 11.9. The van der Waals surface area contributed by atoms with E-state index >= 15 is 0 Å². The maximum atomic E-state index is 5.52. The second-order valence-corrected chi connectivity index (χ2v) is 5.13. The van der Waals surface area contributed by atoms with Crippen molar-refractivity contribution in [3.8, 4) is 0 Å². The molecule has 0 aromatic heterocycles. The summed E-state index contributed by atoms with van der Waals surface area (Å²) in [4.78, 5) is 2.12. The van der Waals surface area contributed by atoms with Crippen LogP contribution in [0.5, 0.6) is 0 Å². The maximum absolute atomic E-state index is 5.52. The molecule has 1 atom stereocenters. The second kappa shape index (κ2) is 7.06. The van der Waals surface area contributed by atoms with Gasteiger partial charge in [0.25, 0.3) is 0 Å². The molecule has 0 heterocycles. The highest BCUT2D eigenvalue weighted by Gasteiger charge is 2.17. The van der Waals surface area contributed by atoms with Gasteiger partial charge in [0.2, 0.25) is 0 Å². The Bertz CT molecular complexity index is 539. The quantitative estimate of drug-likeness (QED) is 0.834. The van der Waals surface area contributed by atoms with Gasteiger partial charge in [-0.25, -0.2) is 0 Å².